The molecule has 1 fully saturated rings. The van der Waals surface area contributed by atoms with Gasteiger partial charge in [0, 0.05) is 5.69 Å². The lowest BCUT2D eigenvalue weighted by Gasteiger charge is -2.26. The van der Waals surface area contributed by atoms with Crippen LogP contribution in [0.2, 0.25) is 5.02 Å². The van der Waals surface area contributed by atoms with E-state index in [2.05, 4.69) is 12.2 Å². The van der Waals surface area contributed by atoms with E-state index in [1.165, 1.54) is 0 Å². The maximum atomic E-state index is 13.4. The van der Waals surface area contributed by atoms with E-state index >= 15 is 0 Å². The van der Waals surface area contributed by atoms with Crippen molar-refractivity contribution in [3.63, 3.8) is 0 Å². The molecule has 168 valence electrons. The molecule has 2 aromatic carbocycles. The van der Waals surface area contributed by atoms with Crippen LogP contribution < -0.4 is 15.0 Å². The maximum absolute atomic E-state index is 13.4. The number of carbonyl (C=O) groups excluding carboxylic acids is 1. The summed E-state index contributed by atoms with van der Waals surface area (Å²) >= 11 is 7.96. The Labute approximate surface area is 192 Å². The van der Waals surface area contributed by atoms with Gasteiger partial charge in [0.25, 0.3) is 0 Å². The van der Waals surface area contributed by atoms with Crippen LogP contribution in [-0.4, -0.2) is 52.7 Å². The molecular weight excluding hydrogens is 436 g/mol. The lowest BCUT2D eigenvalue weighted by atomic mass is 10.1. The third-order valence-corrected chi connectivity index (χ3v) is 6.67. The van der Waals surface area contributed by atoms with Gasteiger partial charge in [-0.15, -0.1) is 11.8 Å². The summed E-state index contributed by atoms with van der Waals surface area (Å²) < 4.78 is 5.45. The number of aryl methyl sites for hydroxylation is 1. The Kier molecular flexibility index (Phi) is 8.63. The van der Waals surface area contributed by atoms with Crippen LogP contribution in [-0.2, 0) is 11.2 Å². The number of para-hydroxylation sites is 1. The SMILES string of the molecule is CCCNC1SC(Cc2ccc(OCC(O)CO)c(Cl)c2)C(=O)N1c1ccccc1C. The molecule has 1 saturated heterocycles. The van der Waals surface area contributed by atoms with Crippen molar-refractivity contribution in [2.75, 3.05) is 24.7 Å². The minimum absolute atomic E-state index is 0.0390. The minimum atomic E-state index is -0.955. The van der Waals surface area contributed by atoms with Crippen molar-refractivity contribution in [2.24, 2.45) is 0 Å². The number of aliphatic hydroxyl groups excluding tert-OH is 2. The first-order valence-electron chi connectivity index (χ1n) is 10.4. The largest absolute Gasteiger partial charge is 0.489 e. The van der Waals surface area contributed by atoms with Gasteiger partial charge in [-0.1, -0.05) is 42.8 Å². The van der Waals surface area contributed by atoms with Crippen LogP contribution in [0.3, 0.4) is 0 Å². The Hall–Kier alpha value is -1.77. The first-order chi connectivity index (χ1) is 14.9. The average molecular weight is 465 g/mol. The minimum Gasteiger partial charge on any atom is -0.489 e. The lowest BCUT2D eigenvalue weighted by molar-refractivity contribution is -0.117. The fourth-order valence-electron chi connectivity index (χ4n) is 3.41. The van der Waals surface area contributed by atoms with Gasteiger partial charge in [-0.05, 0) is 55.6 Å². The van der Waals surface area contributed by atoms with Crippen molar-refractivity contribution in [1.82, 2.24) is 5.32 Å². The molecule has 0 saturated carbocycles. The predicted octanol–water partition coefficient (Wildman–Crippen LogP) is 3.35. The zero-order chi connectivity index (χ0) is 22.4. The van der Waals surface area contributed by atoms with Gasteiger partial charge in [-0.3, -0.25) is 15.0 Å². The van der Waals surface area contributed by atoms with Crippen LogP contribution in [0.5, 0.6) is 5.75 Å². The number of carbonyl (C=O) groups is 1. The number of benzene rings is 2. The summed E-state index contributed by atoms with van der Waals surface area (Å²) in [4.78, 5) is 15.2. The highest BCUT2D eigenvalue weighted by Crippen LogP contribution is 2.38. The molecule has 0 spiro atoms. The van der Waals surface area contributed by atoms with Gasteiger partial charge in [0.05, 0.1) is 16.9 Å². The molecule has 3 rings (SSSR count). The predicted molar refractivity (Wildman–Crippen MR) is 126 cm³/mol. The van der Waals surface area contributed by atoms with Gasteiger partial charge >= 0.3 is 0 Å². The third kappa shape index (κ3) is 5.93. The number of anilines is 1. The Balaban J connectivity index is 1.74. The Bertz CT molecular complexity index is 898. The van der Waals surface area contributed by atoms with Crippen LogP contribution in [0.1, 0.15) is 24.5 Å². The molecule has 1 aliphatic heterocycles. The highest BCUT2D eigenvalue weighted by Gasteiger charge is 2.41. The summed E-state index contributed by atoms with van der Waals surface area (Å²) in [6.45, 7) is 4.54. The average Bonchev–Trinajstić information content (AvgIpc) is 3.06. The molecule has 2 aromatic rings. The first kappa shape index (κ1) is 23.9. The number of rotatable bonds is 10. The fourth-order valence-corrected chi connectivity index (χ4v) is 5.05. The summed E-state index contributed by atoms with van der Waals surface area (Å²) in [5.41, 5.74) is 2.82. The van der Waals surface area contributed by atoms with Crippen molar-refractivity contribution in [2.45, 2.75) is 43.5 Å². The van der Waals surface area contributed by atoms with Gasteiger partial charge in [0.15, 0.2) is 0 Å². The Morgan fingerprint density at radius 3 is 2.74 bits per heavy atom. The molecule has 0 aromatic heterocycles. The van der Waals surface area contributed by atoms with E-state index in [1.54, 1.807) is 23.9 Å². The second-order valence-corrected chi connectivity index (χ2v) is 9.24. The van der Waals surface area contributed by atoms with Crippen molar-refractivity contribution >= 4 is 35.0 Å². The monoisotopic (exact) mass is 464 g/mol. The van der Waals surface area contributed by atoms with Crippen LogP contribution in [0, 0.1) is 6.92 Å². The standard InChI is InChI=1S/C23H29ClN2O4S/c1-3-10-25-23-26(19-7-5-4-6-15(19)2)22(29)21(31-23)12-16-8-9-20(18(24)11-16)30-14-17(28)13-27/h4-9,11,17,21,23,25,27-28H,3,10,12-14H2,1-2H3. The number of thioether (sulfide) groups is 1. The summed E-state index contributed by atoms with van der Waals surface area (Å²) in [7, 11) is 0. The van der Waals surface area contributed by atoms with Gasteiger partial charge in [0.2, 0.25) is 5.91 Å². The number of ether oxygens (including phenoxy) is 1. The number of halogens is 1. The smallest absolute Gasteiger partial charge is 0.242 e. The Morgan fingerprint density at radius 1 is 1.29 bits per heavy atom. The number of hydrogen-bond donors (Lipinski definition) is 3. The van der Waals surface area contributed by atoms with Crippen molar-refractivity contribution < 1.29 is 19.7 Å². The van der Waals surface area contributed by atoms with E-state index in [9.17, 15) is 9.90 Å². The number of aliphatic hydroxyl groups is 2. The zero-order valence-corrected chi connectivity index (χ0v) is 19.3. The molecule has 1 aliphatic rings. The number of hydrogen-bond acceptors (Lipinski definition) is 6. The van der Waals surface area contributed by atoms with Crippen LogP contribution in [0.4, 0.5) is 5.69 Å². The molecule has 0 aliphatic carbocycles. The van der Waals surface area contributed by atoms with Crippen LogP contribution in [0.25, 0.3) is 0 Å². The molecule has 3 N–H and O–H groups in total. The number of nitrogens with one attached hydrogen (secondary N) is 1. The molecule has 8 heteroatoms. The van der Waals surface area contributed by atoms with Crippen molar-refractivity contribution in [3.8, 4) is 5.75 Å². The summed E-state index contributed by atoms with van der Waals surface area (Å²) in [6.07, 6.45) is 0.581. The van der Waals surface area contributed by atoms with E-state index in [0.717, 1.165) is 29.8 Å². The molecule has 3 unspecified atom stereocenters. The maximum Gasteiger partial charge on any atom is 0.242 e. The van der Waals surface area contributed by atoms with Gasteiger partial charge < -0.3 is 14.9 Å². The third-order valence-electron chi connectivity index (χ3n) is 5.04. The normalized spacial score (nSPS) is 19.6. The van der Waals surface area contributed by atoms with Crippen LogP contribution >= 0.6 is 23.4 Å². The molecule has 6 nitrogen and oxygen atoms in total. The molecule has 0 bridgehead atoms. The molecule has 1 amide bonds. The quantitative estimate of drug-likeness (QED) is 0.500. The van der Waals surface area contributed by atoms with Gasteiger partial charge in [-0.25, -0.2) is 0 Å². The highest BCUT2D eigenvalue weighted by atomic mass is 35.5. The van der Waals surface area contributed by atoms with Crippen LogP contribution in [0.15, 0.2) is 42.5 Å². The zero-order valence-electron chi connectivity index (χ0n) is 17.8. The highest BCUT2D eigenvalue weighted by molar-refractivity contribution is 8.01. The molecule has 0 radical (unpaired) electrons. The summed E-state index contributed by atoms with van der Waals surface area (Å²) in [5, 5.41) is 22.0. The second-order valence-electron chi connectivity index (χ2n) is 7.54. The summed E-state index contributed by atoms with van der Waals surface area (Å²) in [6, 6.07) is 13.3. The van der Waals surface area contributed by atoms with E-state index in [0.29, 0.717) is 17.2 Å². The first-order valence-corrected chi connectivity index (χ1v) is 11.7. The lowest BCUT2D eigenvalue weighted by Crippen LogP contribution is -2.43. The van der Waals surface area contributed by atoms with Crippen molar-refractivity contribution in [1.29, 1.82) is 0 Å². The number of amides is 1. The molecule has 31 heavy (non-hydrogen) atoms. The Morgan fingerprint density at radius 2 is 2.06 bits per heavy atom. The molecule has 3 atom stereocenters. The second kappa shape index (κ2) is 11.2. The van der Waals surface area contributed by atoms with E-state index in [1.807, 2.05) is 42.2 Å². The molecular formula is C23H29ClN2O4S. The molecule has 1 heterocycles. The van der Waals surface area contributed by atoms with E-state index in [4.69, 9.17) is 21.4 Å². The van der Waals surface area contributed by atoms with Crippen molar-refractivity contribution in [3.05, 3.63) is 58.6 Å². The van der Waals surface area contributed by atoms with Gasteiger partial charge in [0.1, 0.15) is 24.0 Å². The topological polar surface area (TPSA) is 82.0 Å². The summed E-state index contributed by atoms with van der Waals surface area (Å²) in [5.74, 6) is 0.516. The van der Waals surface area contributed by atoms with Gasteiger partial charge in [-0.2, -0.15) is 0 Å². The number of nitrogens with zero attached hydrogens (tertiary/aromatic N) is 1. The van der Waals surface area contributed by atoms with E-state index < -0.39 is 6.10 Å². The fraction of sp³-hybridized carbons (Fsp3) is 0.435. The van der Waals surface area contributed by atoms with E-state index in [-0.39, 0.29) is 29.9 Å².